The smallest absolute Gasteiger partial charge is 0.416 e. The first-order valence-electron chi connectivity index (χ1n) is 14.6. The molecule has 3 aromatic carbocycles. The second-order valence-corrected chi connectivity index (χ2v) is 12.7. The van der Waals surface area contributed by atoms with Crippen LogP contribution in [-0.2, 0) is 22.3 Å². The van der Waals surface area contributed by atoms with E-state index in [0.29, 0.717) is 17.0 Å². The molecule has 44 heavy (non-hydrogen) atoms. The average molecular weight is 606 g/mol. The largest absolute Gasteiger partial charge is 0.497 e. The number of ether oxygens (including phenoxy) is 1. The Morgan fingerprint density at radius 2 is 1.61 bits per heavy atom. The van der Waals surface area contributed by atoms with Gasteiger partial charge in [-0.15, -0.1) is 0 Å². The molecule has 5 rings (SSSR count). The molecule has 2 atom stereocenters. The summed E-state index contributed by atoms with van der Waals surface area (Å²) in [5.41, 5.74) is 2.08. The number of rotatable bonds is 9. The Hall–Kier alpha value is -4.27. The second-order valence-electron chi connectivity index (χ2n) is 12.7. The Morgan fingerprint density at radius 3 is 2.23 bits per heavy atom. The van der Waals surface area contributed by atoms with Gasteiger partial charge >= 0.3 is 6.18 Å². The van der Waals surface area contributed by atoms with Crippen LogP contribution < -0.4 is 10.1 Å². The summed E-state index contributed by atoms with van der Waals surface area (Å²) in [5, 5.41) is 4.02. The second kappa shape index (κ2) is 11.3. The number of hydrogen-bond acceptors (Lipinski definition) is 3. The van der Waals surface area contributed by atoms with Gasteiger partial charge in [0.15, 0.2) is 0 Å². The van der Waals surface area contributed by atoms with Crippen molar-refractivity contribution in [2.45, 2.75) is 65.2 Å². The van der Waals surface area contributed by atoms with Gasteiger partial charge in [0.05, 0.1) is 12.7 Å². The number of nitrogens with one attached hydrogen (secondary N) is 2. The molecular formula is C35H38F3N3O3. The van der Waals surface area contributed by atoms with Crippen molar-refractivity contribution in [3.8, 4) is 5.75 Å². The van der Waals surface area contributed by atoms with Crippen molar-refractivity contribution in [2.24, 2.45) is 11.3 Å². The number of aryl methyl sites for hydroxylation is 1. The van der Waals surface area contributed by atoms with Crippen molar-refractivity contribution in [2.75, 3.05) is 12.4 Å². The number of halogens is 3. The van der Waals surface area contributed by atoms with Crippen molar-refractivity contribution in [3.05, 3.63) is 95.2 Å². The Labute approximate surface area is 255 Å². The fourth-order valence-corrected chi connectivity index (χ4v) is 6.36. The molecule has 2 N–H and O–H groups in total. The number of carbonyl (C=O) groups is 2. The third-order valence-corrected chi connectivity index (χ3v) is 9.20. The molecule has 9 heteroatoms. The van der Waals surface area contributed by atoms with Crippen molar-refractivity contribution in [1.29, 1.82) is 0 Å². The van der Waals surface area contributed by atoms with Crippen LogP contribution in [-0.4, -0.2) is 34.3 Å². The highest BCUT2D eigenvalue weighted by Crippen LogP contribution is 2.67. The number of para-hydroxylation sites is 1. The SMILES string of the molecule is COc1ccc(NC(=O)C(C)(C)N(Cc2ccc(C(F)(F)F)cc2)C(=O)CC2C(c3c(C)[nH]c4ccccc34)C2(C)C)cc1. The quantitative estimate of drug-likeness (QED) is 0.203. The fourth-order valence-electron chi connectivity index (χ4n) is 6.36. The van der Waals surface area contributed by atoms with Gasteiger partial charge in [0.25, 0.3) is 0 Å². The molecule has 1 fully saturated rings. The number of nitrogens with zero attached hydrogens (tertiary/aromatic N) is 1. The van der Waals surface area contributed by atoms with E-state index in [0.717, 1.165) is 28.7 Å². The summed E-state index contributed by atoms with van der Waals surface area (Å²) in [4.78, 5) is 32.8. The highest BCUT2D eigenvalue weighted by Gasteiger charge is 2.60. The molecule has 1 heterocycles. The lowest BCUT2D eigenvalue weighted by molar-refractivity contribution is -0.145. The molecule has 6 nitrogen and oxygen atoms in total. The van der Waals surface area contributed by atoms with Crippen LogP contribution in [0, 0.1) is 18.3 Å². The molecule has 0 saturated heterocycles. The standard InChI is InChI=1S/C35H38F3N3O3/c1-21-30(26-9-7-8-10-28(26)39-21)31-27(33(31,2)3)19-29(42)41(20-22-11-13-23(14-12-22)35(36,37)38)34(4,5)32(43)40-24-15-17-25(44-6)18-16-24/h7-18,27,31,39H,19-20H2,1-6H3,(H,40,43). The monoisotopic (exact) mass is 605 g/mol. The Balaban J connectivity index is 1.43. The molecule has 1 aromatic heterocycles. The molecule has 232 valence electrons. The van der Waals surface area contributed by atoms with Gasteiger partial charge in [0, 0.05) is 35.2 Å². The summed E-state index contributed by atoms with van der Waals surface area (Å²) in [7, 11) is 1.55. The average Bonchev–Trinajstić information content (AvgIpc) is 3.32. The Morgan fingerprint density at radius 1 is 0.977 bits per heavy atom. The molecule has 0 radical (unpaired) electrons. The zero-order valence-electron chi connectivity index (χ0n) is 25.8. The van der Waals surface area contributed by atoms with Gasteiger partial charge in [0.1, 0.15) is 11.3 Å². The van der Waals surface area contributed by atoms with E-state index in [9.17, 15) is 22.8 Å². The third-order valence-electron chi connectivity index (χ3n) is 9.20. The van der Waals surface area contributed by atoms with Crippen LogP contribution in [0.2, 0.25) is 0 Å². The number of H-pyrrole nitrogens is 1. The van der Waals surface area contributed by atoms with Gasteiger partial charge in [-0.05, 0) is 91.6 Å². The highest BCUT2D eigenvalue weighted by atomic mass is 19.4. The maximum absolute atomic E-state index is 14.2. The number of alkyl halides is 3. The summed E-state index contributed by atoms with van der Waals surface area (Å²) in [6, 6.07) is 19.7. The van der Waals surface area contributed by atoms with Gasteiger partial charge in [0.2, 0.25) is 11.8 Å². The van der Waals surface area contributed by atoms with E-state index in [-0.39, 0.29) is 36.1 Å². The minimum absolute atomic E-state index is 0.0171. The van der Waals surface area contributed by atoms with E-state index in [1.807, 2.05) is 25.1 Å². The molecule has 2 amide bonds. The number of hydrogen-bond donors (Lipinski definition) is 2. The normalized spacial score (nSPS) is 17.8. The Bertz CT molecular complexity index is 1670. The molecule has 4 aromatic rings. The van der Waals surface area contributed by atoms with Crippen LogP contribution in [0.1, 0.15) is 62.4 Å². The first-order chi connectivity index (χ1) is 20.6. The molecule has 1 aliphatic rings. The molecular weight excluding hydrogens is 567 g/mol. The summed E-state index contributed by atoms with van der Waals surface area (Å²) in [6.45, 7) is 9.65. The van der Waals surface area contributed by atoms with E-state index < -0.39 is 23.2 Å². The van der Waals surface area contributed by atoms with Crippen molar-refractivity contribution in [1.82, 2.24) is 9.88 Å². The van der Waals surface area contributed by atoms with Gasteiger partial charge in [-0.2, -0.15) is 13.2 Å². The van der Waals surface area contributed by atoms with Crippen LogP contribution in [0.4, 0.5) is 18.9 Å². The van der Waals surface area contributed by atoms with Crippen LogP contribution in [0.3, 0.4) is 0 Å². The molecule has 0 spiro atoms. The summed E-state index contributed by atoms with van der Waals surface area (Å²) in [6.07, 6.45) is -4.28. The first kappa shape index (κ1) is 31.2. The number of amides is 2. The van der Waals surface area contributed by atoms with E-state index in [1.54, 1.807) is 45.2 Å². The topological polar surface area (TPSA) is 74.4 Å². The third kappa shape index (κ3) is 5.92. The lowest BCUT2D eigenvalue weighted by Gasteiger charge is -2.38. The molecule has 1 aliphatic carbocycles. The van der Waals surface area contributed by atoms with E-state index in [4.69, 9.17) is 4.74 Å². The zero-order valence-corrected chi connectivity index (χ0v) is 25.8. The maximum Gasteiger partial charge on any atom is 0.416 e. The number of benzene rings is 3. The Kier molecular flexibility index (Phi) is 8.03. The number of carbonyl (C=O) groups excluding carboxylic acids is 2. The van der Waals surface area contributed by atoms with Crippen molar-refractivity contribution >= 4 is 28.4 Å². The number of aromatic amines is 1. The fraction of sp³-hybridized carbons (Fsp3) is 0.371. The highest BCUT2D eigenvalue weighted by molar-refractivity contribution is 6.00. The van der Waals surface area contributed by atoms with E-state index in [2.05, 4.69) is 30.2 Å². The predicted molar refractivity (Wildman–Crippen MR) is 165 cm³/mol. The summed E-state index contributed by atoms with van der Waals surface area (Å²) in [5.74, 6) is 0.128. The van der Waals surface area contributed by atoms with Crippen molar-refractivity contribution < 1.29 is 27.5 Å². The number of fused-ring (bicyclic) bond motifs is 1. The van der Waals surface area contributed by atoms with Crippen LogP contribution in [0.25, 0.3) is 10.9 Å². The van der Waals surface area contributed by atoms with Crippen LogP contribution in [0.15, 0.2) is 72.8 Å². The van der Waals surface area contributed by atoms with Gasteiger partial charge in [-0.25, -0.2) is 0 Å². The van der Waals surface area contributed by atoms with Gasteiger partial charge < -0.3 is 19.9 Å². The lowest BCUT2D eigenvalue weighted by atomic mass is 9.97. The molecule has 1 saturated carbocycles. The maximum atomic E-state index is 14.2. The van der Waals surface area contributed by atoms with E-state index in [1.165, 1.54) is 22.6 Å². The summed E-state index contributed by atoms with van der Waals surface area (Å²) < 4.78 is 44.9. The molecule has 2 unspecified atom stereocenters. The molecule has 0 aliphatic heterocycles. The van der Waals surface area contributed by atoms with Crippen LogP contribution in [0.5, 0.6) is 5.75 Å². The number of anilines is 1. The molecule has 0 bridgehead atoms. The van der Waals surface area contributed by atoms with Gasteiger partial charge in [-0.1, -0.05) is 44.2 Å². The summed E-state index contributed by atoms with van der Waals surface area (Å²) >= 11 is 0. The number of aromatic nitrogens is 1. The van der Waals surface area contributed by atoms with Gasteiger partial charge in [-0.3, -0.25) is 9.59 Å². The van der Waals surface area contributed by atoms with Crippen molar-refractivity contribution in [3.63, 3.8) is 0 Å². The van der Waals surface area contributed by atoms with Crippen LogP contribution >= 0.6 is 0 Å². The first-order valence-corrected chi connectivity index (χ1v) is 14.6. The number of methoxy groups -OCH3 is 1. The minimum Gasteiger partial charge on any atom is -0.497 e. The zero-order chi connectivity index (χ0) is 32.0. The predicted octanol–water partition coefficient (Wildman–Crippen LogP) is 8.08. The minimum atomic E-state index is -4.47. The van der Waals surface area contributed by atoms with E-state index >= 15 is 0 Å². The lowest BCUT2D eigenvalue weighted by Crippen LogP contribution is -2.54.